The van der Waals surface area contributed by atoms with E-state index in [2.05, 4.69) is 118 Å². The molecule has 0 aliphatic rings. The van der Waals surface area contributed by atoms with Crippen LogP contribution in [0.1, 0.15) is 213 Å². The molecule has 0 fully saturated rings. The highest BCUT2D eigenvalue weighted by molar-refractivity contribution is 7.47. The molecule has 0 saturated carbocycles. The van der Waals surface area contributed by atoms with E-state index >= 15 is 0 Å². The maximum absolute atomic E-state index is 12.9. The van der Waals surface area contributed by atoms with Crippen molar-refractivity contribution in [3.05, 3.63) is 109 Å². The summed E-state index contributed by atoms with van der Waals surface area (Å²) in [7, 11) is -4.77. The second-order valence-corrected chi connectivity index (χ2v) is 19.4. The normalized spacial score (nSPS) is 14.2. The maximum atomic E-state index is 12.9. The van der Waals surface area contributed by atoms with Gasteiger partial charge in [-0.15, -0.1) is 0 Å². The second kappa shape index (κ2) is 53.4. The average molecular weight is 1030 g/mol. The number of hydrogen-bond donors (Lipinski definition) is 2. The zero-order chi connectivity index (χ0) is 52.7. The number of allylic oxidation sites excluding steroid dienone is 18. The molecule has 0 aliphatic heterocycles. The molecule has 12 heteroatoms. The molecule has 0 rings (SSSR count). The van der Waals surface area contributed by atoms with Crippen LogP contribution in [0.4, 0.5) is 0 Å². The van der Waals surface area contributed by atoms with Crippen molar-refractivity contribution in [3.8, 4) is 0 Å². The van der Waals surface area contributed by atoms with E-state index < -0.39 is 57.8 Å². The Hall–Kier alpha value is -3.86. The van der Waals surface area contributed by atoms with Crippen molar-refractivity contribution in [2.45, 2.75) is 226 Å². The molecule has 0 aromatic carbocycles. The number of aliphatic hydroxyl groups is 1. The standard InChI is InChI=1S/C60H99O11P/c1-4-7-10-13-16-19-22-24-26-27-28-29-31-33-36-39-42-45-48-51-60(64)71-57(53-67-58(62)49-46-43-40-37-34-21-18-15-12-9-6-3)55-69-72(65,66)68-54-56(52-61)70-59(63)50-47-44-41-38-35-32-30-25-23-20-17-14-11-8-5-2/h7-8,10-11,16-17,19-20,24-26,28-30,33,36,42,45,56-57,61H,4-6,9,12-15,18,21-23,27,31-32,34-35,37-41,43-44,46-55H2,1-3H3,(H,65,66)/b10-7-,11-8-,19-16-,20-17-,26-24-,29-28-,30-25-,36-33-,45-42-. The van der Waals surface area contributed by atoms with Gasteiger partial charge in [-0.3, -0.25) is 23.4 Å². The third-order valence-electron chi connectivity index (χ3n) is 11.2. The molecule has 3 unspecified atom stereocenters. The number of ether oxygens (including phenoxy) is 3. The predicted octanol–water partition coefficient (Wildman–Crippen LogP) is 16.2. The largest absolute Gasteiger partial charge is 0.472 e. The molecule has 0 radical (unpaired) electrons. The Kier molecular flexibility index (Phi) is 50.6. The first-order valence-electron chi connectivity index (χ1n) is 27.8. The van der Waals surface area contributed by atoms with Crippen molar-refractivity contribution < 1.29 is 52.2 Å². The van der Waals surface area contributed by atoms with Gasteiger partial charge in [-0.05, 0) is 89.9 Å². The van der Waals surface area contributed by atoms with Gasteiger partial charge in [0.25, 0.3) is 0 Å². The van der Waals surface area contributed by atoms with Crippen molar-refractivity contribution in [2.75, 3.05) is 26.4 Å². The lowest BCUT2D eigenvalue weighted by Crippen LogP contribution is -2.30. The van der Waals surface area contributed by atoms with Gasteiger partial charge in [-0.25, -0.2) is 4.57 Å². The summed E-state index contributed by atoms with van der Waals surface area (Å²) in [5.74, 6) is -1.59. The van der Waals surface area contributed by atoms with Crippen molar-refractivity contribution >= 4 is 25.7 Å². The van der Waals surface area contributed by atoms with Crippen molar-refractivity contribution in [1.29, 1.82) is 0 Å². The average Bonchev–Trinajstić information content (AvgIpc) is 3.37. The molecule has 0 saturated heterocycles. The first kappa shape index (κ1) is 68.1. The number of esters is 3. The number of carbonyl (C=O) groups excluding carboxylic acids is 3. The SMILES string of the molecule is CC/C=C\C/C=C\C/C=C\C/C=C\C/C=C\C/C=C\CCC(=O)OC(COC(=O)CCCCCCCCCCCCC)COP(=O)(O)OCC(CO)OC(=O)CCCCCCC/C=C\C/C=C\C/C=C\CC. The maximum Gasteiger partial charge on any atom is 0.472 e. The molecule has 11 nitrogen and oxygen atoms in total. The number of carbonyl (C=O) groups is 3. The molecule has 2 N–H and O–H groups in total. The molecule has 0 aromatic rings. The summed E-state index contributed by atoms with van der Waals surface area (Å²) < 4.78 is 39.3. The number of aliphatic hydroxyl groups excluding tert-OH is 1. The molecule has 0 spiro atoms. The highest BCUT2D eigenvalue weighted by Crippen LogP contribution is 2.43. The van der Waals surface area contributed by atoms with Crippen LogP contribution in [0.2, 0.25) is 0 Å². The molecular formula is C60H99O11P. The smallest absolute Gasteiger partial charge is 0.462 e. The summed E-state index contributed by atoms with van der Waals surface area (Å²) >= 11 is 0. The molecule has 410 valence electrons. The van der Waals surface area contributed by atoms with Gasteiger partial charge in [-0.2, -0.15) is 0 Å². The molecular weight excluding hydrogens is 928 g/mol. The lowest BCUT2D eigenvalue weighted by molar-refractivity contribution is -0.161. The fourth-order valence-electron chi connectivity index (χ4n) is 7.04. The number of unbranched alkanes of at least 4 members (excludes halogenated alkanes) is 15. The van der Waals surface area contributed by atoms with E-state index in [4.69, 9.17) is 23.3 Å². The van der Waals surface area contributed by atoms with Crippen LogP contribution in [0.5, 0.6) is 0 Å². The first-order valence-corrected chi connectivity index (χ1v) is 29.3. The summed E-state index contributed by atoms with van der Waals surface area (Å²) in [4.78, 5) is 48.4. The minimum absolute atomic E-state index is 0.0376. The third kappa shape index (κ3) is 51.1. The topological polar surface area (TPSA) is 155 Å². The molecule has 0 amide bonds. The summed E-state index contributed by atoms with van der Waals surface area (Å²) in [6.45, 7) is 4.29. The van der Waals surface area contributed by atoms with Crippen LogP contribution in [-0.4, -0.2) is 66.5 Å². The number of phosphoric acid groups is 1. The van der Waals surface area contributed by atoms with Crippen LogP contribution in [0.15, 0.2) is 109 Å². The Morgan fingerprint density at radius 1 is 0.403 bits per heavy atom. The third-order valence-corrected chi connectivity index (χ3v) is 12.2. The molecule has 72 heavy (non-hydrogen) atoms. The van der Waals surface area contributed by atoms with Gasteiger partial charge >= 0.3 is 25.7 Å². The van der Waals surface area contributed by atoms with Crippen molar-refractivity contribution in [3.63, 3.8) is 0 Å². The summed E-state index contributed by atoms with van der Waals surface area (Å²) in [6, 6.07) is 0. The van der Waals surface area contributed by atoms with Crippen LogP contribution in [0, 0.1) is 0 Å². The van der Waals surface area contributed by atoms with Crippen molar-refractivity contribution in [1.82, 2.24) is 0 Å². The quantitative estimate of drug-likeness (QED) is 0.0197. The number of hydrogen-bond acceptors (Lipinski definition) is 10. The predicted molar refractivity (Wildman–Crippen MR) is 297 cm³/mol. The number of rotatable bonds is 50. The van der Waals surface area contributed by atoms with E-state index in [-0.39, 0.29) is 25.9 Å². The molecule has 3 atom stereocenters. The van der Waals surface area contributed by atoms with Gasteiger partial charge in [0.1, 0.15) is 12.7 Å². The fourth-order valence-corrected chi connectivity index (χ4v) is 7.83. The summed E-state index contributed by atoms with van der Waals surface area (Å²) in [6.07, 6.45) is 63.5. The van der Waals surface area contributed by atoms with Gasteiger partial charge in [0.05, 0.1) is 19.8 Å². The number of phosphoric ester groups is 1. The van der Waals surface area contributed by atoms with Gasteiger partial charge in [0.2, 0.25) is 0 Å². The first-order chi connectivity index (χ1) is 35.2. The van der Waals surface area contributed by atoms with Crippen LogP contribution < -0.4 is 0 Å². The van der Waals surface area contributed by atoms with Gasteiger partial charge in [0, 0.05) is 19.3 Å². The van der Waals surface area contributed by atoms with Crippen LogP contribution in [0.3, 0.4) is 0 Å². The van der Waals surface area contributed by atoms with E-state index in [1.165, 1.54) is 44.9 Å². The Bertz CT molecular complexity index is 1620. The monoisotopic (exact) mass is 1030 g/mol. The lowest BCUT2D eigenvalue weighted by Gasteiger charge is -2.21. The van der Waals surface area contributed by atoms with Crippen LogP contribution >= 0.6 is 7.82 Å². The lowest BCUT2D eigenvalue weighted by atomic mass is 10.1. The van der Waals surface area contributed by atoms with Gasteiger partial charge in [-0.1, -0.05) is 214 Å². The zero-order valence-electron chi connectivity index (χ0n) is 45.1. The van der Waals surface area contributed by atoms with Crippen LogP contribution in [-0.2, 0) is 42.2 Å². The highest BCUT2D eigenvalue weighted by Gasteiger charge is 2.28. The van der Waals surface area contributed by atoms with E-state index in [1.54, 1.807) is 0 Å². The molecule has 0 heterocycles. The molecule has 0 bridgehead atoms. The van der Waals surface area contributed by atoms with E-state index in [1.807, 2.05) is 12.2 Å². The second-order valence-electron chi connectivity index (χ2n) is 18.0. The van der Waals surface area contributed by atoms with Gasteiger partial charge < -0.3 is 24.2 Å². The zero-order valence-corrected chi connectivity index (χ0v) is 46.0. The summed E-state index contributed by atoms with van der Waals surface area (Å²) in [5, 5.41) is 9.80. The Morgan fingerprint density at radius 2 is 0.750 bits per heavy atom. The minimum atomic E-state index is -4.77. The summed E-state index contributed by atoms with van der Waals surface area (Å²) in [5.41, 5.74) is 0. The van der Waals surface area contributed by atoms with Crippen molar-refractivity contribution in [2.24, 2.45) is 0 Å². The fraction of sp³-hybridized carbons (Fsp3) is 0.650. The van der Waals surface area contributed by atoms with E-state index in [9.17, 15) is 28.9 Å². The van der Waals surface area contributed by atoms with Crippen LogP contribution in [0.25, 0.3) is 0 Å². The van der Waals surface area contributed by atoms with E-state index in [0.717, 1.165) is 103 Å². The van der Waals surface area contributed by atoms with Gasteiger partial charge in [0.15, 0.2) is 6.10 Å². The molecule has 0 aromatic heterocycles. The Morgan fingerprint density at radius 3 is 1.19 bits per heavy atom. The Balaban J connectivity index is 4.84. The highest BCUT2D eigenvalue weighted by atomic mass is 31.2. The minimum Gasteiger partial charge on any atom is -0.462 e. The Labute approximate surface area is 437 Å². The molecule has 0 aliphatic carbocycles. The van der Waals surface area contributed by atoms with E-state index in [0.29, 0.717) is 25.7 Å².